The highest BCUT2D eigenvalue weighted by atomic mass is 35.5. The summed E-state index contributed by atoms with van der Waals surface area (Å²) in [6.45, 7) is 1.94. The topological polar surface area (TPSA) is 119 Å². The molecule has 1 N–H and O–H groups in total. The summed E-state index contributed by atoms with van der Waals surface area (Å²) in [6.07, 6.45) is 4.87. The SMILES string of the molecule is CCOC(=O)c1c(NC(=O)/C(C#N)=C/c2ccc(-c3ccc(Cl)c(C(=O)OC)c3)o2)sc2c1CCCC2. The summed E-state index contributed by atoms with van der Waals surface area (Å²) < 4.78 is 15.8. The molecule has 0 spiro atoms. The molecular weight excluding hydrogens is 516 g/mol. The lowest BCUT2D eigenvalue weighted by molar-refractivity contribution is -0.112. The average Bonchev–Trinajstić information content (AvgIpc) is 3.51. The van der Waals surface area contributed by atoms with Crippen LogP contribution in [-0.2, 0) is 27.1 Å². The van der Waals surface area contributed by atoms with E-state index in [9.17, 15) is 19.6 Å². The fraction of sp³-hybridized carbons (Fsp3) is 0.259. The maximum absolute atomic E-state index is 13.0. The zero-order valence-corrected chi connectivity index (χ0v) is 21.8. The monoisotopic (exact) mass is 538 g/mol. The number of esters is 2. The highest BCUT2D eigenvalue weighted by Gasteiger charge is 2.28. The number of fused-ring (bicyclic) bond motifs is 1. The smallest absolute Gasteiger partial charge is 0.341 e. The van der Waals surface area contributed by atoms with Gasteiger partial charge in [-0.2, -0.15) is 5.26 Å². The highest BCUT2D eigenvalue weighted by Crippen LogP contribution is 2.39. The van der Waals surface area contributed by atoms with Crippen LogP contribution in [0.3, 0.4) is 0 Å². The average molecular weight is 539 g/mol. The number of nitrogens with zero attached hydrogens (tertiary/aromatic N) is 1. The van der Waals surface area contributed by atoms with E-state index in [1.165, 1.54) is 30.6 Å². The molecule has 0 saturated carbocycles. The minimum absolute atomic E-state index is 0.184. The van der Waals surface area contributed by atoms with Gasteiger partial charge in [-0.05, 0) is 68.5 Å². The predicted octanol–water partition coefficient (Wildman–Crippen LogP) is 6.05. The number of nitrogens with one attached hydrogen (secondary N) is 1. The molecule has 0 radical (unpaired) electrons. The fourth-order valence-corrected chi connectivity index (χ4v) is 5.53. The first-order chi connectivity index (χ1) is 17.9. The van der Waals surface area contributed by atoms with Gasteiger partial charge in [0, 0.05) is 16.5 Å². The van der Waals surface area contributed by atoms with E-state index >= 15 is 0 Å². The molecule has 0 bridgehead atoms. The number of carbonyl (C=O) groups excluding carboxylic acids is 3. The second kappa shape index (κ2) is 11.5. The van der Waals surface area contributed by atoms with E-state index in [0.29, 0.717) is 21.9 Å². The zero-order valence-electron chi connectivity index (χ0n) is 20.2. The molecule has 0 atom stereocenters. The minimum atomic E-state index is -0.663. The standard InChI is InChI=1S/C27H23ClN2O6S/c1-3-35-27(33)23-18-6-4-5-7-22(18)37-25(23)30-24(31)16(14-29)12-17-9-11-21(36-17)15-8-10-20(28)19(13-15)26(32)34-2/h8-13H,3-7H2,1-2H3,(H,30,31)/b16-12+. The Morgan fingerprint density at radius 2 is 1.97 bits per heavy atom. The van der Waals surface area contributed by atoms with Gasteiger partial charge in [0.15, 0.2) is 0 Å². The van der Waals surface area contributed by atoms with Crippen molar-refractivity contribution < 1.29 is 28.3 Å². The van der Waals surface area contributed by atoms with Crippen molar-refractivity contribution in [1.29, 1.82) is 5.26 Å². The first-order valence-electron chi connectivity index (χ1n) is 11.6. The van der Waals surface area contributed by atoms with Crippen molar-refractivity contribution in [2.45, 2.75) is 32.6 Å². The molecule has 2 aromatic heterocycles. The molecule has 4 rings (SSSR count). The molecular formula is C27H23ClN2O6S. The third kappa shape index (κ3) is 5.61. The van der Waals surface area contributed by atoms with Gasteiger partial charge in [0.25, 0.3) is 5.91 Å². The van der Waals surface area contributed by atoms with Crippen molar-refractivity contribution in [3.63, 3.8) is 0 Å². The number of rotatable bonds is 7. The van der Waals surface area contributed by atoms with Gasteiger partial charge in [0.1, 0.15) is 28.2 Å². The number of carbonyl (C=O) groups is 3. The second-order valence-corrected chi connectivity index (χ2v) is 9.66. The van der Waals surface area contributed by atoms with Crippen LogP contribution in [0.4, 0.5) is 5.00 Å². The van der Waals surface area contributed by atoms with E-state index in [-0.39, 0.29) is 28.5 Å². The number of benzene rings is 1. The maximum Gasteiger partial charge on any atom is 0.341 e. The third-order valence-corrected chi connectivity index (χ3v) is 7.35. The quantitative estimate of drug-likeness (QED) is 0.221. The van der Waals surface area contributed by atoms with Crippen molar-refractivity contribution >= 4 is 51.9 Å². The van der Waals surface area contributed by atoms with Crippen molar-refractivity contribution in [2.24, 2.45) is 0 Å². The summed E-state index contributed by atoms with van der Waals surface area (Å²) in [5.41, 5.74) is 1.83. The molecule has 1 aliphatic carbocycles. The normalized spacial score (nSPS) is 12.9. The number of hydrogen-bond donors (Lipinski definition) is 1. The maximum atomic E-state index is 13.0. The molecule has 37 heavy (non-hydrogen) atoms. The summed E-state index contributed by atoms with van der Waals surface area (Å²) in [5.74, 6) is -1.07. The molecule has 10 heteroatoms. The van der Waals surface area contributed by atoms with Gasteiger partial charge >= 0.3 is 11.9 Å². The largest absolute Gasteiger partial charge is 0.465 e. The van der Waals surface area contributed by atoms with Gasteiger partial charge in [0.05, 0.1) is 29.9 Å². The molecule has 0 unspecified atom stereocenters. The third-order valence-electron chi connectivity index (χ3n) is 5.81. The van der Waals surface area contributed by atoms with E-state index in [4.69, 9.17) is 25.5 Å². The Labute approximate surface area is 222 Å². The zero-order chi connectivity index (χ0) is 26.5. The molecule has 1 aliphatic rings. The highest BCUT2D eigenvalue weighted by molar-refractivity contribution is 7.17. The number of nitriles is 1. The van der Waals surface area contributed by atoms with Crippen LogP contribution in [0.2, 0.25) is 5.02 Å². The first kappa shape index (κ1) is 26.2. The van der Waals surface area contributed by atoms with Gasteiger partial charge in [-0.1, -0.05) is 11.6 Å². The Morgan fingerprint density at radius 3 is 2.70 bits per heavy atom. The molecule has 0 aliphatic heterocycles. The lowest BCUT2D eigenvalue weighted by atomic mass is 9.95. The van der Waals surface area contributed by atoms with Crippen LogP contribution in [0.1, 0.15) is 56.7 Å². The molecule has 1 amide bonds. The number of halogens is 1. The number of furan rings is 1. The summed E-state index contributed by atoms with van der Waals surface area (Å²) in [7, 11) is 1.26. The van der Waals surface area contributed by atoms with Gasteiger partial charge < -0.3 is 19.2 Å². The summed E-state index contributed by atoms with van der Waals surface area (Å²) >= 11 is 7.43. The Kier molecular flexibility index (Phi) is 8.11. The van der Waals surface area contributed by atoms with Crippen LogP contribution < -0.4 is 5.32 Å². The molecule has 190 valence electrons. The van der Waals surface area contributed by atoms with Crippen molar-refractivity contribution in [1.82, 2.24) is 0 Å². The molecule has 1 aromatic carbocycles. The van der Waals surface area contributed by atoms with E-state index in [1.807, 2.05) is 6.07 Å². The van der Waals surface area contributed by atoms with E-state index in [2.05, 4.69) is 5.32 Å². The number of ether oxygens (including phenoxy) is 2. The van der Waals surface area contributed by atoms with Crippen LogP contribution in [0.25, 0.3) is 17.4 Å². The molecule has 3 aromatic rings. The number of amides is 1. The summed E-state index contributed by atoms with van der Waals surface area (Å²) in [5, 5.41) is 13.0. The first-order valence-corrected chi connectivity index (χ1v) is 12.8. The van der Waals surface area contributed by atoms with Crippen LogP contribution >= 0.6 is 22.9 Å². The lowest BCUT2D eigenvalue weighted by Gasteiger charge is -2.12. The number of thiophene rings is 1. The van der Waals surface area contributed by atoms with E-state index < -0.39 is 17.8 Å². The van der Waals surface area contributed by atoms with E-state index in [1.54, 1.807) is 31.2 Å². The van der Waals surface area contributed by atoms with Crippen molar-refractivity contribution in [3.05, 3.63) is 68.3 Å². The fourth-order valence-electron chi connectivity index (χ4n) is 4.06. The van der Waals surface area contributed by atoms with E-state index in [0.717, 1.165) is 36.1 Å². The number of hydrogen-bond acceptors (Lipinski definition) is 8. The summed E-state index contributed by atoms with van der Waals surface area (Å²) in [6, 6.07) is 9.90. The Hall–Kier alpha value is -3.87. The number of anilines is 1. The van der Waals surface area contributed by atoms with Crippen LogP contribution in [0, 0.1) is 11.3 Å². The van der Waals surface area contributed by atoms with Crippen molar-refractivity contribution in [2.75, 3.05) is 19.0 Å². The molecule has 2 heterocycles. The van der Waals surface area contributed by atoms with Gasteiger partial charge in [-0.25, -0.2) is 9.59 Å². The predicted molar refractivity (Wildman–Crippen MR) is 140 cm³/mol. The number of aryl methyl sites for hydroxylation is 1. The van der Waals surface area contributed by atoms with Crippen molar-refractivity contribution in [3.8, 4) is 17.4 Å². The Morgan fingerprint density at radius 1 is 1.19 bits per heavy atom. The molecule has 0 saturated heterocycles. The van der Waals surface area contributed by atoms with Crippen LogP contribution in [0.15, 0.2) is 40.3 Å². The van der Waals surface area contributed by atoms with Crippen LogP contribution in [-0.4, -0.2) is 31.6 Å². The second-order valence-electron chi connectivity index (χ2n) is 8.15. The molecule has 0 fully saturated rings. The van der Waals surface area contributed by atoms with Crippen LogP contribution in [0.5, 0.6) is 0 Å². The Bertz CT molecular complexity index is 1450. The Balaban J connectivity index is 1.59. The lowest BCUT2D eigenvalue weighted by Crippen LogP contribution is -2.16. The molecule has 8 nitrogen and oxygen atoms in total. The minimum Gasteiger partial charge on any atom is -0.465 e. The van der Waals surface area contributed by atoms with Gasteiger partial charge in [0.2, 0.25) is 0 Å². The van der Waals surface area contributed by atoms with Gasteiger partial charge in [-0.15, -0.1) is 11.3 Å². The number of methoxy groups -OCH3 is 1. The summed E-state index contributed by atoms with van der Waals surface area (Å²) in [4.78, 5) is 38.7. The van der Waals surface area contributed by atoms with Gasteiger partial charge in [-0.3, -0.25) is 4.79 Å².